The SMILES string of the molecule is Cc1nc(Cl)cc(N2CCN(C3CC4CCC3C4)CC2)n1. The number of anilines is 1. The summed E-state index contributed by atoms with van der Waals surface area (Å²) in [6.45, 7) is 6.34. The highest BCUT2D eigenvalue weighted by atomic mass is 35.5. The number of aryl methyl sites for hydroxylation is 1. The molecule has 2 saturated carbocycles. The minimum absolute atomic E-state index is 0.549. The van der Waals surface area contributed by atoms with E-state index < -0.39 is 0 Å². The molecule has 2 bridgehead atoms. The Morgan fingerprint density at radius 1 is 1.10 bits per heavy atom. The summed E-state index contributed by atoms with van der Waals surface area (Å²) < 4.78 is 0. The van der Waals surface area contributed by atoms with Gasteiger partial charge in [-0.1, -0.05) is 18.0 Å². The van der Waals surface area contributed by atoms with Crippen molar-refractivity contribution >= 4 is 17.4 Å². The van der Waals surface area contributed by atoms with Gasteiger partial charge < -0.3 is 4.90 Å². The zero-order valence-electron chi connectivity index (χ0n) is 12.6. The summed E-state index contributed by atoms with van der Waals surface area (Å²) in [6, 6.07) is 2.75. The van der Waals surface area contributed by atoms with Crippen molar-refractivity contribution in [2.24, 2.45) is 11.8 Å². The van der Waals surface area contributed by atoms with Crippen LogP contribution >= 0.6 is 11.6 Å². The molecule has 3 fully saturated rings. The van der Waals surface area contributed by atoms with Crippen molar-refractivity contribution in [3.8, 4) is 0 Å². The summed E-state index contributed by atoms with van der Waals surface area (Å²) in [6.07, 6.45) is 5.89. The van der Waals surface area contributed by atoms with Crippen LogP contribution in [0.4, 0.5) is 5.82 Å². The van der Waals surface area contributed by atoms with Gasteiger partial charge in [0.25, 0.3) is 0 Å². The molecular weight excluding hydrogens is 284 g/mol. The van der Waals surface area contributed by atoms with Crippen LogP contribution in [0.2, 0.25) is 5.15 Å². The van der Waals surface area contributed by atoms with Crippen LogP contribution in [0.3, 0.4) is 0 Å². The molecule has 0 spiro atoms. The van der Waals surface area contributed by atoms with Crippen LogP contribution in [0.15, 0.2) is 6.07 Å². The summed E-state index contributed by atoms with van der Waals surface area (Å²) >= 11 is 6.06. The minimum atomic E-state index is 0.549. The maximum absolute atomic E-state index is 6.06. The number of fused-ring (bicyclic) bond motifs is 2. The Hall–Kier alpha value is -0.870. The first-order valence-corrected chi connectivity index (χ1v) is 8.57. The monoisotopic (exact) mass is 306 g/mol. The van der Waals surface area contributed by atoms with E-state index in [1.807, 2.05) is 13.0 Å². The first-order valence-electron chi connectivity index (χ1n) is 8.19. The highest BCUT2D eigenvalue weighted by Gasteiger charge is 2.42. The average molecular weight is 307 g/mol. The molecule has 114 valence electrons. The molecule has 2 heterocycles. The molecule has 5 heteroatoms. The number of rotatable bonds is 2. The predicted octanol–water partition coefficient (Wildman–Crippen LogP) is 2.75. The second kappa shape index (κ2) is 5.40. The summed E-state index contributed by atoms with van der Waals surface area (Å²) in [5.41, 5.74) is 0. The van der Waals surface area contributed by atoms with Crippen molar-refractivity contribution in [3.05, 3.63) is 17.0 Å². The van der Waals surface area contributed by atoms with Crippen LogP contribution in [0.25, 0.3) is 0 Å². The molecule has 4 rings (SSSR count). The van der Waals surface area contributed by atoms with E-state index in [1.165, 1.54) is 25.7 Å². The molecule has 0 aromatic carbocycles. The Morgan fingerprint density at radius 2 is 1.90 bits per heavy atom. The third-order valence-corrected chi connectivity index (χ3v) is 5.79. The van der Waals surface area contributed by atoms with Gasteiger partial charge in [-0.05, 0) is 38.0 Å². The molecule has 1 aromatic heterocycles. The van der Waals surface area contributed by atoms with E-state index in [9.17, 15) is 0 Å². The fraction of sp³-hybridized carbons (Fsp3) is 0.750. The Morgan fingerprint density at radius 3 is 2.52 bits per heavy atom. The van der Waals surface area contributed by atoms with Crippen LogP contribution in [0, 0.1) is 18.8 Å². The molecule has 3 atom stereocenters. The van der Waals surface area contributed by atoms with Gasteiger partial charge in [0.15, 0.2) is 0 Å². The normalized spacial score (nSPS) is 32.9. The van der Waals surface area contributed by atoms with Crippen molar-refractivity contribution in [2.45, 2.75) is 38.6 Å². The van der Waals surface area contributed by atoms with Crippen LogP contribution in [0.1, 0.15) is 31.5 Å². The lowest BCUT2D eigenvalue weighted by Gasteiger charge is -2.41. The van der Waals surface area contributed by atoms with E-state index in [1.54, 1.807) is 0 Å². The molecule has 0 radical (unpaired) electrons. The quantitative estimate of drug-likeness (QED) is 0.787. The van der Waals surface area contributed by atoms with Crippen molar-refractivity contribution in [1.82, 2.24) is 14.9 Å². The second-order valence-corrected chi connectivity index (χ2v) is 7.25. The first kappa shape index (κ1) is 13.8. The third kappa shape index (κ3) is 2.64. The Bertz CT molecular complexity index is 507. The summed E-state index contributed by atoms with van der Waals surface area (Å²) in [5, 5.41) is 0.549. The predicted molar refractivity (Wildman–Crippen MR) is 84.8 cm³/mol. The van der Waals surface area contributed by atoms with Gasteiger partial charge >= 0.3 is 0 Å². The average Bonchev–Trinajstić information content (AvgIpc) is 3.09. The number of halogens is 1. The highest BCUT2D eigenvalue weighted by Crippen LogP contribution is 2.46. The highest BCUT2D eigenvalue weighted by molar-refractivity contribution is 6.29. The lowest BCUT2D eigenvalue weighted by molar-refractivity contribution is 0.134. The smallest absolute Gasteiger partial charge is 0.134 e. The van der Waals surface area contributed by atoms with E-state index in [-0.39, 0.29) is 0 Å². The van der Waals surface area contributed by atoms with Crippen LogP contribution in [-0.4, -0.2) is 47.1 Å². The number of hydrogen-bond acceptors (Lipinski definition) is 4. The summed E-state index contributed by atoms with van der Waals surface area (Å²) in [7, 11) is 0. The van der Waals surface area contributed by atoms with E-state index in [0.29, 0.717) is 5.15 Å². The van der Waals surface area contributed by atoms with E-state index in [0.717, 1.165) is 55.7 Å². The number of nitrogens with zero attached hydrogens (tertiary/aromatic N) is 4. The van der Waals surface area contributed by atoms with Gasteiger partial charge in [-0.25, -0.2) is 9.97 Å². The fourth-order valence-corrected chi connectivity index (χ4v) is 4.84. The van der Waals surface area contributed by atoms with Crippen molar-refractivity contribution in [2.75, 3.05) is 31.1 Å². The topological polar surface area (TPSA) is 32.3 Å². The molecular formula is C16H23ClN4. The third-order valence-electron chi connectivity index (χ3n) is 5.60. The van der Waals surface area contributed by atoms with E-state index in [4.69, 9.17) is 11.6 Å². The van der Waals surface area contributed by atoms with Gasteiger partial charge in [0, 0.05) is 38.3 Å². The summed E-state index contributed by atoms with van der Waals surface area (Å²) in [4.78, 5) is 13.8. The van der Waals surface area contributed by atoms with Gasteiger partial charge in [-0.3, -0.25) is 4.90 Å². The lowest BCUT2D eigenvalue weighted by atomic mass is 9.93. The zero-order valence-corrected chi connectivity index (χ0v) is 13.4. The molecule has 3 unspecified atom stereocenters. The van der Waals surface area contributed by atoms with Crippen molar-refractivity contribution in [3.63, 3.8) is 0 Å². The lowest BCUT2D eigenvalue weighted by Crippen LogP contribution is -2.52. The Balaban J connectivity index is 1.40. The largest absolute Gasteiger partial charge is 0.354 e. The summed E-state index contributed by atoms with van der Waals surface area (Å²) in [5.74, 6) is 3.76. The van der Waals surface area contributed by atoms with Gasteiger partial charge in [0.1, 0.15) is 16.8 Å². The standard InChI is InChI=1S/C16H23ClN4/c1-11-18-15(17)10-16(19-11)21-6-4-20(5-7-21)14-9-12-2-3-13(14)8-12/h10,12-14H,2-9H2,1H3. The zero-order chi connectivity index (χ0) is 14.4. The van der Waals surface area contributed by atoms with E-state index in [2.05, 4.69) is 19.8 Å². The first-order chi connectivity index (χ1) is 10.2. The maximum atomic E-state index is 6.06. The van der Waals surface area contributed by atoms with Crippen LogP contribution in [-0.2, 0) is 0 Å². The van der Waals surface area contributed by atoms with Crippen LogP contribution in [0.5, 0.6) is 0 Å². The maximum Gasteiger partial charge on any atom is 0.134 e. The van der Waals surface area contributed by atoms with Gasteiger partial charge in [0.2, 0.25) is 0 Å². The van der Waals surface area contributed by atoms with Crippen molar-refractivity contribution < 1.29 is 0 Å². The number of piperazine rings is 1. The molecule has 3 aliphatic rings. The molecule has 2 aliphatic carbocycles. The van der Waals surface area contributed by atoms with Crippen molar-refractivity contribution in [1.29, 1.82) is 0 Å². The molecule has 4 nitrogen and oxygen atoms in total. The van der Waals surface area contributed by atoms with Crippen LogP contribution < -0.4 is 4.90 Å². The Labute approximate surface area is 131 Å². The molecule has 1 aliphatic heterocycles. The molecule has 1 saturated heterocycles. The molecule has 1 aromatic rings. The number of aromatic nitrogens is 2. The number of hydrogen-bond donors (Lipinski definition) is 0. The van der Waals surface area contributed by atoms with Gasteiger partial charge in [-0.2, -0.15) is 0 Å². The Kier molecular flexibility index (Phi) is 3.54. The van der Waals surface area contributed by atoms with Gasteiger partial charge in [-0.15, -0.1) is 0 Å². The molecule has 0 N–H and O–H groups in total. The molecule has 21 heavy (non-hydrogen) atoms. The molecule has 0 amide bonds. The second-order valence-electron chi connectivity index (χ2n) is 6.86. The fourth-order valence-electron chi connectivity index (χ4n) is 4.62. The van der Waals surface area contributed by atoms with E-state index >= 15 is 0 Å². The minimum Gasteiger partial charge on any atom is -0.354 e. The van der Waals surface area contributed by atoms with Gasteiger partial charge in [0.05, 0.1) is 0 Å².